The van der Waals surface area contributed by atoms with E-state index < -0.39 is 0 Å². The smallest absolute Gasteiger partial charge is 0.325 e. The Morgan fingerprint density at radius 1 is 0.838 bits per heavy atom. The van der Waals surface area contributed by atoms with E-state index >= 15 is 0 Å². The second-order valence-corrected chi connectivity index (χ2v) is 9.71. The van der Waals surface area contributed by atoms with Crippen LogP contribution in [-0.4, -0.2) is 14.9 Å². The lowest BCUT2D eigenvalue weighted by Crippen LogP contribution is -2.32. The molecule has 5 aromatic rings. The van der Waals surface area contributed by atoms with E-state index in [0.717, 1.165) is 28.2 Å². The summed E-state index contributed by atoms with van der Waals surface area (Å²) < 4.78 is 1.66. The first-order chi connectivity index (χ1) is 18.0. The molecule has 1 aromatic heterocycles. The Labute approximate surface area is 220 Å². The van der Waals surface area contributed by atoms with Gasteiger partial charge in [0.05, 0.1) is 17.9 Å². The zero-order chi connectivity index (χ0) is 25.6. The van der Waals surface area contributed by atoms with Crippen molar-refractivity contribution >= 4 is 39.7 Å². The molecule has 0 saturated carbocycles. The highest BCUT2D eigenvalue weighted by molar-refractivity contribution is 7.10. The molecule has 6 nitrogen and oxygen atoms in total. The van der Waals surface area contributed by atoms with Crippen LogP contribution in [0.1, 0.15) is 16.7 Å². The molecule has 0 aliphatic carbocycles. The van der Waals surface area contributed by atoms with E-state index in [9.17, 15) is 4.79 Å². The minimum atomic E-state index is -0.296. The summed E-state index contributed by atoms with van der Waals surface area (Å²) in [4.78, 5) is 24.3. The van der Waals surface area contributed by atoms with E-state index in [4.69, 9.17) is 4.99 Å². The number of aliphatic imine (C=N–C) groups is 1. The van der Waals surface area contributed by atoms with Gasteiger partial charge in [-0.15, -0.1) is 0 Å². The number of hydrogen-bond acceptors (Lipinski definition) is 4. The first kappa shape index (κ1) is 24.2. The van der Waals surface area contributed by atoms with Crippen LogP contribution < -0.4 is 15.9 Å². The summed E-state index contributed by atoms with van der Waals surface area (Å²) in [5.41, 5.74) is 5.58. The lowest BCUT2D eigenvalue weighted by molar-refractivity contribution is 0.823. The Morgan fingerprint density at radius 3 is 2.08 bits per heavy atom. The van der Waals surface area contributed by atoms with Crippen molar-refractivity contribution < 1.29 is 0 Å². The second-order valence-electron chi connectivity index (χ2n) is 8.72. The largest absolute Gasteiger partial charge is 0.360 e. The zero-order valence-electron chi connectivity index (χ0n) is 20.7. The molecule has 0 bridgehead atoms. The summed E-state index contributed by atoms with van der Waals surface area (Å²) in [5.74, 6) is 0.541. The average Bonchev–Trinajstić information content (AvgIpc) is 3.27. The highest BCUT2D eigenvalue weighted by Crippen LogP contribution is 2.29. The SMILES string of the molecule is Cc1ccc(N=C(Nc2ccc(C)cc2)N(c2ccccc2)c2nc(=O)n(Cc3ccccc3)s2)cc1. The van der Waals surface area contributed by atoms with Crippen LogP contribution in [0.2, 0.25) is 0 Å². The Hall–Kier alpha value is -4.49. The van der Waals surface area contributed by atoms with E-state index in [1.807, 2.05) is 121 Å². The number of hydrogen-bond donors (Lipinski definition) is 1. The number of rotatable bonds is 6. The highest BCUT2D eigenvalue weighted by atomic mass is 32.1. The van der Waals surface area contributed by atoms with E-state index in [2.05, 4.69) is 17.2 Å². The molecule has 0 aliphatic rings. The van der Waals surface area contributed by atoms with Gasteiger partial charge < -0.3 is 5.32 Å². The molecule has 0 spiro atoms. The van der Waals surface area contributed by atoms with Gasteiger partial charge in [-0.1, -0.05) is 83.9 Å². The van der Waals surface area contributed by atoms with Gasteiger partial charge in [-0.25, -0.2) is 13.7 Å². The maximum atomic E-state index is 13.0. The molecule has 37 heavy (non-hydrogen) atoms. The van der Waals surface area contributed by atoms with Gasteiger partial charge in [-0.3, -0.25) is 4.90 Å². The van der Waals surface area contributed by atoms with Gasteiger partial charge in [0.2, 0.25) is 11.1 Å². The van der Waals surface area contributed by atoms with E-state index in [1.165, 1.54) is 17.1 Å². The Kier molecular flexibility index (Phi) is 7.23. The average molecular weight is 506 g/mol. The van der Waals surface area contributed by atoms with Crippen LogP contribution in [0.25, 0.3) is 0 Å². The van der Waals surface area contributed by atoms with Crippen LogP contribution >= 0.6 is 11.5 Å². The fraction of sp³-hybridized carbons (Fsp3) is 0.100. The zero-order valence-corrected chi connectivity index (χ0v) is 21.5. The molecule has 0 amide bonds. The number of para-hydroxylation sites is 1. The molecule has 0 saturated heterocycles. The van der Waals surface area contributed by atoms with Crippen LogP contribution in [0.3, 0.4) is 0 Å². The topological polar surface area (TPSA) is 62.5 Å². The molecule has 1 N–H and O–H groups in total. The van der Waals surface area contributed by atoms with Crippen molar-refractivity contribution in [1.82, 2.24) is 8.94 Å². The first-order valence-electron chi connectivity index (χ1n) is 12.0. The lowest BCUT2D eigenvalue weighted by Gasteiger charge is -2.24. The van der Waals surface area contributed by atoms with Crippen LogP contribution in [0.4, 0.5) is 22.2 Å². The Morgan fingerprint density at radius 2 is 1.43 bits per heavy atom. The van der Waals surface area contributed by atoms with Gasteiger partial charge in [0.25, 0.3) is 0 Å². The summed E-state index contributed by atoms with van der Waals surface area (Å²) in [5, 5.41) is 4.00. The molecule has 0 radical (unpaired) electrons. The predicted octanol–water partition coefficient (Wildman–Crippen LogP) is 6.91. The molecular formula is C30H27N5OS. The highest BCUT2D eigenvalue weighted by Gasteiger charge is 2.22. The van der Waals surface area contributed by atoms with Gasteiger partial charge in [-0.2, -0.15) is 4.98 Å². The van der Waals surface area contributed by atoms with E-state index in [0.29, 0.717) is 17.6 Å². The third-order valence-electron chi connectivity index (χ3n) is 5.76. The van der Waals surface area contributed by atoms with Crippen LogP contribution in [0.5, 0.6) is 0 Å². The predicted molar refractivity (Wildman–Crippen MR) is 154 cm³/mol. The summed E-state index contributed by atoms with van der Waals surface area (Å²) >= 11 is 1.31. The normalized spacial score (nSPS) is 11.4. The van der Waals surface area contributed by atoms with Gasteiger partial charge in [0.15, 0.2) is 0 Å². The van der Waals surface area contributed by atoms with Crippen molar-refractivity contribution in [2.75, 3.05) is 10.2 Å². The number of anilines is 3. The number of benzene rings is 4. The molecule has 184 valence electrons. The molecule has 0 fully saturated rings. The van der Waals surface area contributed by atoms with Gasteiger partial charge in [0, 0.05) is 5.69 Å². The monoisotopic (exact) mass is 505 g/mol. The molecule has 4 aromatic carbocycles. The standard InChI is InChI=1S/C30H27N5OS/c1-22-13-17-25(18-14-22)31-28(32-26-19-15-23(2)16-20-26)35(27-11-7-4-8-12-27)30-33-29(36)34(37-30)21-24-9-5-3-6-10-24/h3-20H,21H2,1-2H3,(H,31,32). The number of nitrogens with one attached hydrogen (secondary N) is 1. The summed E-state index contributed by atoms with van der Waals surface area (Å²) in [7, 11) is 0. The van der Waals surface area contributed by atoms with E-state index in [-0.39, 0.29) is 5.69 Å². The Balaban J connectivity index is 1.62. The van der Waals surface area contributed by atoms with Crippen molar-refractivity contribution in [3.63, 3.8) is 0 Å². The van der Waals surface area contributed by atoms with Crippen LogP contribution in [0, 0.1) is 13.8 Å². The maximum absolute atomic E-state index is 13.0. The molecule has 7 heteroatoms. The quantitative estimate of drug-likeness (QED) is 0.201. The number of aromatic nitrogens is 2. The van der Waals surface area contributed by atoms with Gasteiger partial charge >= 0.3 is 5.69 Å². The van der Waals surface area contributed by atoms with Crippen molar-refractivity contribution in [3.05, 3.63) is 136 Å². The third kappa shape index (κ3) is 6.02. The lowest BCUT2D eigenvalue weighted by atomic mass is 10.2. The fourth-order valence-corrected chi connectivity index (χ4v) is 4.70. The van der Waals surface area contributed by atoms with Crippen molar-refractivity contribution in [2.45, 2.75) is 20.4 Å². The number of aryl methyl sites for hydroxylation is 2. The van der Waals surface area contributed by atoms with Crippen LogP contribution in [0.15, 0.2) is 119 Å². The summed E-state index contributed by atoms with van der Waals surface area (Å²) in [6.45, 7) is 4.56. The number of guanidine groups is 1. The summed E-state index contributed by atoms with van der Waals surface area (Å²) in [6, 6.07) is 35.9. The number of nitrogens with zero attached hydrogens (tertiary/aromatic N) is 4. The second kappa shape index (κ2) is 11.1. The van der Waals surface area contributed by atoms with Crippen molar-refractivity contribution in [1.29, 1.82) is 0 Å². The van der Waals surface area contributed by atoms with Gasteiger partial charge in [-0.05, 0) is 67.3 Å². The van der Waals surface area contributed by atoms with Crippen molar-refractivity contribution in [3.8, 4) is 0 Å². The van der Waals surface area contributed by atoms with E-state index in [1.54, 1.807) is 3.96 Å². The molecule has 1 heterocycles. The van der Waals surface area contributed by atoms with Crippen LogP contribution in [-0.2, 0) is 6.54 Å². The Bertz CT molecular complexity index is 1540. The molecular weight excluding hydrogens is 478 g/mol. The minimum Gasteiger partial charge on any atom is -0.325 e. The van der Waals surface area contributed by atoms with Gasteiger partial charge in [0.1, 0.15) is 0 Å². The molecule has 0 aliphatic heterocycles. The third-order valence-corrected chi connectivity index (χ3v) is 6.70. The first-order valence-corrected chi connectivity index (χ1v) is 12.8. The van der Waals surface area contributed by atoms with Crippen molar-refractivity contribution in [2.24, 2.45) is 4.99 Å². The summed E-state index contributed by atoms with van der Waals surface area (Å²) in [6.07, 6.45) is 0. The minimum absolute atomic E-state index is 0.296. The molecule has 0 atom stereocenters. The molecule has 5 rings (SSSR count). The fourth-order valence-electron chi connectivity index (χ4n) is 3.78. The molecule has 0 unspecified atom stereocenters. The maximum Gasteiger partial charge on any atom is 0.360 e.